The summed E-state index contributed by atoms with van der Waals surface area (Å²) in [6.07, 6.45) is 0. The van der Waals surface area contributed by atoms with Gasteiger partial charge >= 0.3 is 0 Å². The van der Waals surface area contributed by atoms with Crippen LogP contribution in [0, 0.1) is 0 Å². The maximum absolute atomic E-state index is 5.36. The van der Waals surface area contributed by atoms with E-state index in [1.54, 1.807) is 11.3 Å². The van der Waals surface area contributed by atoms with Gasteiger partial charge in [0.15, 0.2) is 11.5 Å². The molecule has 5 heteroatoms. The second-order valence-corrected chi connectivity index (χ2v) is 6.74. The number of fused-ring (bicyclic) bond motifs is 1. The topological polar surface area (TPSA) is 43.4 Å². The van der Waals surface area contributed by atoms with E-state index in [4.69, 9.17) is 9.47 Å². The van der Waals surface area contributed by atoms with Crippen molar-refractivity contribution in [1.82, 2.24) is 4.98 Å². The number of benzene rings is 1. The second kappa shape index (κ2) is 4.98. The lowest BCUT2D eigenvalue weighted by Gasteiger charge is -2.14. The molecular weight excluding hydrogens is 272 g/mol. The summed E-state index contributed by atoms with van der Waals surface area (Å²) in [6.45, 7) is 7.56. The van der Waals surface area contributed by atoms with Gasteiger partial charge in [0.25, 0.3) is 0 Å². The van der Waals surface area contributed by atoms with E-state index in [0.29, 0.717) is 6.79 Å². The van der Waals surface area contributed by atoms with Gasteiger partial charge in [-0.3, -0.25) is 0 Å². The Balaban J connectivity index is 1.66. The Morgan fingerprint density at radius 1 is 1.25 bits per heavy atom. The first-order valence-corrected chi connectivity index (χ1v) is 7.49. The third kappa shape index (κ3) is 2.72. The van der Waals surface area contributed by atoms with Gasteiger partial charge in [-0.1, -0.05) is 20.8 Å². The number of rotatable bonds is 3. The fourth-order valence-corrected chi connectivity index (χ4v) is 2.88. The van der Waals surface area contributed by atoms with Gasteiger partial charge in [-0.25, -0.2) is 4.98 Å². The molecule has 106 valence electrons. The molecule has 1 aromatic carbocycles. The number of hydrogen-bond donors (Lipinski definition) is 1. The Hall–Kier alpha value is -1.75. The lowest BCUT2D eigenvalue weighted by molar-refractivity contribution is 0.174. The highest BCUT2D eigenvalue weighted by Gasteiger charge is 2.17. The van der Waals surface area contributed by atoms with Crippen LogP contribution in [0.1, 0.15) is 31.5 Å². The third-order valence-corrected chi connectivity index (χ3v) is 3.99. The molecule has 0 atom stereocenters. The molecule has 0 spiro atoms. The van der Waals surface area contributed by atoms with Crippen LogP contribution in [0.2, 0.25) is 0 Å². The van der Waals surface area contributed by atoms with Crippen molar-refractivity contribution < 1.29 is 9.47 Å². The van der Waals surface area contributed by atoms with E-state index in [2.05, 4.69) is 36.5 Å². The van der Waals surface area contributed by atoms with Crippen LogP contribution in [0.5, 0.6) is 11.5 Å². The highest BCUT2D eigenvalue weighted by atomic mass is 32.1. The Morgan fingerprint density at radius 2 is 2.05 bits per heavy atom. The molecule has 0 bridgehead atoms. The van der Waals surface area contributed by atoms with E-state index < -0.39 is 0 Å². The number of hydrogen-bond acceptors (Lipinski definition) is 5. The molecule has 0 aliphatic carbocycles. The molecule has 1 N–H and O–H groups in total. The zero-order chi connectivity index (χ0) is 14.2. The van der Waals surface area contributed by atoms with Gasteiger partial charge < -0.3 is 14.8 Å². The van der Waals surface area contributed by atoms with Crippen LogP contribution >= 0.6 is 11.3 Å². The highest BCUT2D eigenvalue weighted by Crippen LogP contribution is 2.34. The van der Waals surface area contributed by atoms with Gasteiger partial charge in [0.1, 0.15) is 5.01 Å². The van der Waals surface area contributed by atoms with Crippen molar-refractivity contribution >= 4 is 17.0 Å². The first-order chi connectivity index (χ1) is 9.52. The summed E-state index contributed by atoms with van der Waals surface area (Å²) < 4.78 is 10.7. The summed E-state index contributed by atoms with van der Waals surface area (Å²) in [6, 6.07) is 5.87. The van der Waals surface area contributed by atoms with Gasteiger partial charge in [-0.15, -0.1) is 11.3 Å². The van der Waals surface area contributed by atoms with Crippen molar-refractivity contribution in [3.8, 4) is 11.5 Å². The first-order valence-electron chi connectivity index (χ1n) is 6.61. The maximum atomic E-state index is 5.36. The van der Waals surface area contributed by atoms with E-state index >= 15 is 0 Å². The minimum Gasteiger partial charge on any atom is -0.454 e. The summed E-state index contributed by atoms with van der Waals surface area (Å²) >= 11 is 1.69. The summed E-state index contributed by atoms with van der Waals surface area (Å²) in [5.74, 6) is 1.60. The monoisotopic (exact) mass is 290 g/mol. The molecule has 0 fully saturated rings. The third-order valence-electron chi connectivity index (χ3n) is 3.14. The van der Waals surface area contributed by atoms with Crippen molar-refractivity contribution in [2.75, 3.05) is 12.1 Å². The number of anilines is 1. The number of nitrogens with zero attached hydrogens (tertiary/aromatic N) is 1. The van der Waals surface area contributed by atoms with Crippen LogP contribution in [0.4, 0.5) is 5.69 Å². The highest BCUT2D eigenvalue weighted by molar-refractivity contribution is 7.09. The van der Waals surface area contributed by atoms with Gasteiger partial charge in [0.2, 0.25) is 6.79 Å². The van der Waals surface area contributed by atoms with Crippen LogP contribution in [0.25, 0.3) is 0 Å². The summed E-state index contributed by atoms with van der Waals surface area (Å²) in [4.78, 5) is 4.67. The molecule has 2 aromatic rings. The van der Waals surface area contributed by atoms with Crippen molar-refractivity contribution in [2.45, 2.75) is 32.7 Å². The predicted molar refractivity (Wildman–Crippen MR) is 80.7 cm³/mol. The number of ether oxygens (including phenoxy) is 2. The Bertz CT molecular complexity index is 617. The zero-order valence-electron chi connectivity index (χ0n) is 11.9. The maximum Gasteiger partial charge on any atom is 0.231 e. The van der Waals surface area contributed by atoms with Crippen molar-refractivity contribution in [1.29, 1.82) is 0 Å². The zero-order valence-corrected chi connectivity index (χ0v) is 12.7. The first kappa shape index (κ1) is 13.2. The minimum absolute atomic E-state index is 0.105. The smallest absolute Gasteiger partial charge is 0.231 e. The van der Waals surface area contributed by atoms with Crippen LogP contribution < -0.4 is 14.8 Å². The average Bonchev–Trinajstić information content (AvgIpc) is 3.04. The molecule has 0 radical (unpaired) electrons. The van der Waals surface area contributed by atoms with Crippen LogP contribution in [0.15, 0.2) is 23.6 Å². The quantitative estimate of drug-likeness (QED) is 0.934. The molecule has 1 aliphatic heterocycles. The van der Waals surface area contributed by atoms with E-state index in [1.165, 1.54) is 0 Å². The lowest BCUT2D eigenvalue weighted by atomic mass is 9.93. The standard InChI is InChI=1S/C15H18N2O2S/c1-15(2,3)13-8-20-14(17-13)7-16-10-4-5-11-12(6-10)19-9-18-11/h4-6,8,16H,7,9H2,1-3H3. The van der Waals surface area contributed by atoms with Crippen LogP contribution in [-0.4, -0.2) is 11.8 Å². The van der Waals surface area contributed by atoms with Gasteiger partial charge in [-0.2, -0.15) is 0 Å². The average molecular weight is 290 g/mol. The normalized spacial score (nSPS) is 13.6. The van der Waals surface area contributed by atoms with Crippen molar-refractivity contribution in [3.63, 3.8) is 0 Å². The molecule has 4 nitrogen and oxygen atoms in total. The molecule has 2 heterocycles. The van der Waals surface area contributed by atoms with Crippen LogP contribution in [-0.2, 0) is 12.0 Å². The molecule has 0 amide bonds. The van der Waals surface area contributed by atoms with Crippen molar-refractivity contribution in [2.24, 2.45) is 0 Å². The Labute approximate surface area is 122 Å². The van der Waals surface area contributed by atoms with Gasteiger partial charge in [0, 0.05) is 22.5 Å². The summed E-state index contributed by atoms with van der Waals surface area (Å²) in [5, 5.41) is 6.59. The molecule has 1 aromatic heterocycles. The fourth-order valence-electron chi connectivity index (χ4n) is 1.92. The molecule has 1 aliphatic rings. The summed E-state index contributed by atoms with van der Waals surface area (Å²) in [7, 11) is 0. The van der Waals surface area contributed by atoms with Gasteiger partial charge in [0.05, 0.1) is 12.2 Å². The Kier molecular flexibility index (Phi) is 3.30. The van der Waals surface area contributed by atoms with E-state index in [1.807, 2.05) is 18.2 Å². The molecule has 0 saturated heterocycles. The number of thiazole rings is 1. The molecule has 0 unspecified atom stereocenters. The minimum atomic E-state index is 0.105. The van der Waals surface area contributed by atoms with E-state index in [9.17, 15) is 0 Å². The second-order valence-electron chi connectivity index (χ2n) is 5.80. The number of nitrogens with one attached hydrogen (secondary N) is 1. The lowest BCUT2D eigenvalue weighted by Crippen LogP contribution is -2.11. The van der Waals surface area contributed by atoms with E-state index in [0.717, 1.165) is 34.4 Å². The molecule has 0 saturated carbocycles. The molecular formula is C15H18N2O2S. The summed E-state index contributed by atoms with van der Waals surface area (Å²) in [5.41, 5.74) is 2.26. The number of aromatic nitrogens is 1. The van der Waals surface area contributed by atoms with Crippen molar-refractivity contribution in [3.05, 3.63) is 34.3 Å². The largest absolute Gasteiger partial charge is 0.454 e. The van der Waals surface area contributed by atoms with E-state index in [-0.39, 0.29) is 5.41 Å². The SMILES string of the molecule is CC(C)(C)c1csc(CNc2ccc3c(c2)OCO3)n1. The van der Waals surface area contributed by atoms with Crippen LogP contribution in [0.3, 0.4) is 0 Å². The molecule has 3 rings (SSSR count). The predicted octanol–water partition coefficient (Wildman–Crippen LogP) is 3.78. The Morgan fingerprint density at radius 3 is 2.80 bits per heavy atom. The molecule has 20 heavy (non-hydrogen) atoms. The van der Waals surface area contributed by atoms with Gasteiger partial charge in [-0.05, 0) is 12.1 Å². The fraction of sp³-hybridized carbons (Fsp3) is 0.400.